The van der Waals surface area contributed by atoms with Gasteiger partial charge in [-0.3, -0.25) is 0 Å². The molecule has 3 heterocycles. The lowest BCUT2D eigenvalue weighted by atomic mass is 9.65. The van der Waals surface area contributed by atoms with E-state index in [2.05, 4.69) is 240 Å². The molecule has 2 aliphatic rings. The van der Waals surface area contributed by atoms with Crippen LogP contribution >= 0.6 is 11.3 Å². The lowest BCUT2D eigenvalue weighted by Gasteiger charge is -2.39. The molecule has 1 spiro atoms. The summed E-state index contributed by atoms with van der Waals surface area (Å²) in [5.41, 5.74) is 19.4. The average Bonchev–Trinajstić information content (AvgIpc) is 4.01. The quantitative estimate of drug-likeness (QED) is 0.168. The molecular weight excluding hydrogens is 793 g/mol. The van der Waals surface area contributed by atoms with Gasteiger partial charge in [0.05, 0.1) is 22.1 Å². The van der Waals surface area contributed by atoms with E-state index in [9.17, 15) is 0 Å². The van der Waals surface area contributed by atoms with Crippen molar-refractivity contribution in [3.63, 3.8) is 0 Å². The van der Waals surface area contributed by atoms with Crippen LogP contribution in [0.5, 0.6) is 0 Å². The van der Waals surface area contributed by atoms with Crippen LogP contribution in [0.25, 0.3) is 81.0 Å². The Morgan fingerprint density at radius 3 is 1.62 bits per heavy atom. The number of nitrogens with zero attached hydrogens (tertiary/aromatic N) is 2. The number of rotatable bonds is 5. The molecule has 0 atom stereocenters. The highest BCUT2D eigenvalue weighted by molar-refractivity contribution is 7.25. The van der Waals surface area contributed by atoms with Gasteiger partial charge in [-0.2, -0.15) is 0 Å². The van der Waals surface area contributed by atoms with E-state index in [1.54, 1.807) is 0 Å². The van der Waals surface area contributed by atoms with Crippen molar-refractivity contribution in [1.29, 1.82) is 0 Å². The van der Waals surface area contributed by atoms with Crippen molar-refractivity contribution in [1.82, 2.24) is 4.57 Å². The van der Waals surface area contributed by atoms with Crippen LogP contribution in [-0.4, -0.2) is 4.57 Å². The van der Waals surface area contributed by atoms with Gasteiger partial charge in [0.1, 0.15) is 0 Å². The highest BCUT2D eigenvalue weighted by Crippen LogP contribution is 2.61. The van der Waals surface area contributed by atoms with E-state index in [-0.39, 0.29) is 0 Å². The molecule has 0 fully saturated rings. The molecule has 64 heavy (non-hydrogen) atoms. The number of para-hydroxylation sites is 2. The summed E-state index contributed by atoms with van der Waals surface area (Å²) in [6, 6.07) is 85.8. The Morgan fingerprint density at radius 1 is 0.344 bits per heavy atom. The smallest absolute Gasteiger partial charge is 0.0754 e. The molecular formula is C61H38N2S. The largest absolute Gasteiger partial charge is 0.310 e. The van der Waals surface area contributed by atoms with Crippen LogP contribution in [-0.2, 0) is 5.41 Å². The number of benzene rings is 10. The number of fused-ring (bicyclic) bond motifs is 15. The predicted octanol–water partition coefficient (Wildman–Crippen LogP) is 16.6. The zero-order valence-corrected chi connectivity index (χ0v) is 35.6. The summed E-state index contributed by atoms with van der Waals surface area (Å²) in [5.74, 6) is 0. The molecule has 1 aliphatic heterocycles. The first-order valence-corrected chi connectivity index (χ1v) is 22.9. The van der Waals surface area contributed by atoms with Crippen molar-refractivity contribution in [2.24, 2.45) is 0 Å². The molecule has 14 rings (SSSR count). The van der Waals surface area contributed by atoms with Crippen LogP contribution in [0.1, 0.15) is 22.3 Å². The van der Waals surface area contributed by atoms with E-state index < -0.39 is 5.41 Å². The average molecular weight is 831 g/mol. The fourth-order valence-electron chi connectivity index (χ4n) is 11.3. The topological polar surface area (TPSA) is 8.17 Å². The second kappa shape index (κ2) is 13.5. The first-order chi connectivity index (χ1) is 31.7. The van der Waals surface area contributed by atoms with Crippen molar-refractivity contribution in [2.75, 3.05) is 4.90 Å². The molecule has 0 amide bonds. The first kappa shape index (κ1) is 35.6. The summed E-state index contributed by atoms with van der Waals surface area (Å²) >= 11 is 1.86. The lowest BCUT2D eigenvalue weighted by Crippen LogP contribution is -2.33. The third-order valence-electron chi connectivity index (χ3n) is 14.0. The fourth-order valence-corrected chi connectivity index (χ4v) is 12.4. The Balaban J connectivity index is 0.972. The summed E-state index contributed by atoms with van der Waals surface area (Å²) in [6.07, 6.45) is 0. The van der Waals surface area contributed by atoms with E-state index in [0.717, 1.165) is 17.1 Å². The van der Waals surface area contributed by atoms with Crippen LogP contribution in [0.4, 0.5) is 17.1 Å². The summed E-state index contributed by atoms with van der Waals surface area (Å²) < 4.78 is 5.13. The van der Waals surface area contributed by atoms with Crippen molar-refractivity contribution in [3.05, 3.63) is 253 Å². The van der Waals surface area contributed by atoms with E-state index in [4.69, 9.17) is 0 Å². The van der Waals surface area contributed by atoms with Crippen LogP contribution in [0.3, 0.4) is 0 Å². The van der Waals surface area contributed by atoms with Gasteiger partial charge in [0.15, 0.2) is 0 Å². The molecule has 10 aromatic carbocycles. The molecule has 0 bridgehead atoms. The van der Waals surface area contributed by atoms with Gasteiger partial charge in [-0.15, -0.1) is 11.3 Å². The minimum Gasteiger partial charge on any atom is -0.310 e. The molecule has 0 radical (unpaired) electrons. The van der Waals surface area contributed by atoms with Gasteiger partial charge in [-0.1, -0.05) is 164 Å². The number of hydrogen-bond donors (Lipinski definition) is 0. The normalized spacial score (nSPS) is 13.1. The highest BCUT2D eigenvalue weighted by atomic mass is 32.1. The van der Waals surface area contributed by atoms with Gasteiger partial charge in [0.25, 0.3) is 0 Å². The maximum Gasteiger partial charge on any atom is 0.0754 e. The standard InChI is InChI=1S/C61H38N2S/c1-2-14-39(15-3-1)40-26-30-43(31-27-40)62(45-34-35-50-49-19-7-13-25-58(49)64-59(50)38-45)44-32-28-41(29-33-44)42-36-51-48-18-6-11-23-56(48)63-57-24-12-10-22-54(57)61(55(37-42)60(51)63)52-20-8-4-16-46(52)47-17-5-9-21-53(47)61/h1-38H. The maximum absolute atomic E-state index is 2.53. The van der Waals surface area contributed by atoms with Gasteiger partial charge >= 0.3 is 0 Å². The Hall–Kier alpha value is -7.98. The Morgan fingerprint density at radius 2 is 0.891 bits per heavy atom. The van der Waals surface area contributed by atoms with Crippen molar-refractivity contribution in [3.8, 4) is 39.1 Å². The van der Waals surface area contributed by atoms with Crippen LogP contribution < -0.4 is 4.90 Å². The molecule has 1 aliphatic carbocycles. The zero-order chi connectivity index (χ0) is 41.9. The van der Waals surface area contributed by atoms with Crippen molar-refractivity contribution < 1.29 is 0 Å². The summed E-state index contributed by atoms with van der Waals surface area (Å²) in [5, 5.41) is 5.16. The summed E-state index contributed by atoms with van der Waals surface area (Å²) in [4.78, 5) is 2.40. The Bertz CT molecular complexity index is 3790. The summed E-state index contributed by atoms with van der Waals surface area (Å²) in [7, 11) is 0. The van der Waals surface area contributed by atoms with Gasteiger partial charge in [-0.05, 0) is 122 Å². The van der Waals surface area contributed by atoms with Crippen molar-refractivity contribution >= 4 is 70.4 Å². The van der Waals surface area contributed by atoms with Gasteiger partial charge in [0, 0.05) is 48.0 Å². The maximum atomic E-state index is 2.53. The molecule has 298 valence electrons. The third-order valence-corrected chi connectivity index (χ3v) is 15.1. The number of hydrogen-bond acceptors (Lipinski definition) is 2. The highest BCUT2D eigenvalue weighted by Gasteiger charge is 2.50. The minimum atomic E-state index is -0.490. The molecule has 0 unspecified atom stereocenters. The number of aromatic nitrogens is 1. The van der Waals surface area contributed by atoms with Crippen LogP contribution in [0.2, 0.25) is 0 Å². The molecule has 12 aromatic rings. The van der Waals surface area contributed by atoms with E-state index in [1.807, 2.05) is 11.3 Å². The zero-order valence-electron chi connectivity index (χ0n) is 34.7. The molecule has 3 heteroatoms. The van der Waals surface area contributed by atoms with Crippen molar-refractivity contribution in [2.45, 2.75) is 5.41 Å². The molecule has 2 aromatic heterocycles. The second-order valence-corrected chi connectivity index (χ2v) is 18.3. The molecule has 0 N–H and O–H groups in total. The van der Waals surface area contributed by atoms with Crippen LogP contribution in [0, 0.1) is 0 Å². The summed E-state index contributed by atoms with van der Waals surface area (Å²) in [6.45, 7) is 0. The molecule has 2 nitrogen and oxygen atoms in total. The SMILES string of the molecule is c1ccc(-c2ccc(N(c3ccc(-c4cc5c6c(c4)c4ccccc4n6-c4ccccc4C54c5ccccc5-c5ccccc54)cc3)c3ccc4c(c3)sc3ccccc34)cc2)cc1. The van der Waals surface area contributed by atoms with Gasteiger partial charge in [-0.25, -0.2) is 0 Å². The molecule has 0 saturated carbocycles. The first-order valence-electron chi connectivity index (χ1n) is 22.1. The fraction of sp³-hybridized carbons (Fsp3) is 0.0164. The predicted molar refractivity (Wildman–Crippen MR) is 270 cm³/mol. The minimum absolute atomic E-state index is 0.490. The Labute approximate surface area is 375 Å². The lowest BCUT2D eigenvalue weighted by molar-refractivity contribution is 0.749. The van der Waals surface area contributed by atoms with E-state index in [0.29, 0.717) is 0 Å². The molecule has 0 saturated heterocycles. The number of anilines is 3. The van der Waals surface area contributed by atoms with Gasteiger partial charge < -0.3 is 9.47 Å². The van der Waals surface area contributed by atoms with E-state index >= 15 is 0 Å². The number of thiophene rings is 1. The third kappa shape index (κ3) is 4.90. The van der Waals surface area contributed by atoms with E-state index in [1.165, 1.54) is 103 Å². The van der Waals surface area contributed by atoms with Crippen LogP contribution in [0.15, 0.2) is 231 Å². The second-order valence-electron chi connectivity index (χ2n) is 17.2. The Kier molecular flexibility index (Phi) is 7.51. The monoisotopic (exact) mass is 830 g/mol. The van der Waals surface area contributed by atoms with Gasteiger partial charge in [0.2, 0.25) is 0 Å².